The maximum Gasteiger partial charge on any atom is 0.227 e. The van der Waals surface area contributed by atoms with Crippen molar-refractivity contribution >= 4 is 17.3 Å². The van der Waals surface area contributed by atoms with Crippen molar-refractivity contribution in [1.82, 2.24) is 24.7 Å². The molecule has 2 heterocycles. The molecule has 0 radical (unpaired) electrons. The van der Waals surface area contributed by atoms with E-state index in [1.807, 2.05) is 42.5 Å². The second kappa shape index (κ2) is 7.02. The van der Waals surface area contributed by atoms with Gasteiger partial charge in [0.1, 0.15) is 12.7 Å². The fourth-order valence-corrected chi connectivity index (χ4v) is 2.66. The fourth-order valence-electron chi connectivity index (χ4n) is 2.66. The Hall–Kier alpha value is -3.74. The molecule has 0 fully saturated rings. The molecule has 7 nitrogen and oxygen atoms in total. The topological polar surface area (TPSA) is 94.5 Å². The van der Waals surface area contributed by atoms with Crippen LogP contribution in [0.4, 0.5) is 17.3 Å². The van der Waals surface area contributed by atoms with Crippen LogP contribution < -0.4 is 11.1 Å². The van der Waals surface area contributed by atoms with E-state index in [9.17, 15) is 0 Å². The first-order chi connectivity index (χ1) is 12.8. The van der Waals surface area contributed by atoms with Crippen molar-refractivity contribution in [2.75, 3.05) is 11.1 Å². The van der Waals surface area contributed by atoms with Crippen molar-refractivity contribution in [3.8, 4) is 11.3 Å². The van der Waals surface area contributed by atoms with Crippen LogP contribution in [0, 0.1) is 0 Å². The van der Waals surface area contributed by atoms with Crippen LogP contribution in [0.5, 0.6) is 0 Å². The summed E-state index contributed by atoms with van der Waals surface area (Å²) in [4.78, 5) is 12.9. The van der Waals surface area contributed by atoms with Gasteiger partial charge in [0.2, 0.25) is 5.95 Å². The van der Waals surface area contributed by atoms with E-state index in [0.717, 1.165) is 22.5 Å². The third-order valence-corrected chi connectivity index (χ3v) is 3.83. The molecule has 4 rings (SSSR count). The minimum absolute atomic E-state index is 0.523. The first kappa shape index (κ1) is 15.8. The summed E-state index contributed by atoms with van der Waals surface area (Å²) in [6.45, 7) is 0.660. The second-order valence-corrected chi connectivity index (χ2v) is 5.81. The number of aromatic nitrogens is 5. The van der Waals surface area contributed by atoms with Crippen molar-refractivity contribution < 1.29 is 0 Å². The lowest BCUT2D eigenvalue weighted by Crippen LogP contribution is -2.01. The molecule has 2 aromatic heterocycles. The van der Waals surface area contributed by atoms with E-state index >= 15 is 0 Å². The van der Waals surface area contributed by atoms with Gasteiger partial charge in [0.05, 0.1) is 12.2 Å². The maximum absolute atomic E-state index is 5.81. The van der Waals surface area contributed by atoms with Gasteiger partial charge in [-0.2, -0.15) is 5.10 Å². The lowest BCUT2D eigenvalue weighted by atomic mass is 10.1. The van der Waals surface area contributed by atoms with Gasteiger partial charge in [-0.1, -0.05) is 24.3 Å². The average Bonchev–Trinajstić information content (AvgIpc) is 3.15. The van der Waals surface area contributed by atoms with E-state index in [1.54, 1.807) is 17.2 Å². The molecule has 0 bridgehead atoms. The minimum atomic E-state index is 0.523. The van der Waals surface area contributed by atoms with Crippen molar-refractivity contribution in [1.29, 1.82) is 0 Å². The highest BCUT2D eigenvalue weighted by atomic mass is 15.3. The molecule has 0 aliphatic carbocycles. The van der Waals surface area contributed by atoms with E-state index in [1.165, 1.54) is 6.33 Å². The van der Waals surface area contributed by atoms with Gasteiger partial charge >= 0.3 is 0 Å². The number of nitrogens with one attached hydrogen (secondary N) is 1. The van der Waals surface area contributed by atoms with Crippen LogP contribution in [0.2, 0.25) is 0 Å². The summed E-state index contributed by atoms with van der Waals surface area (Å²) in [5.41, 5.74) is 10.3. The molecular formula is C19H17N7. The summed E-state index contributed by atoms with van der Waals surface area (Å²) < 4.78 is 1.78. The van der Waals surface area contributed by atoms with Crippen LogP contribution in [0.15, 0.2) is 73.4 Å². The predicted octanol–water partition coefficient (Wildman–Crippen LogP) is 3.11. The monoisotopic (exact) mass is 343 g/mol. The van der Waals surface area contributed by atoms with Gasteiger partial charge in [0.25, 0.3) is 0 Å². The summed E-state index contributed by atoms with van der Waals surface area (Å²) in [5.74, 6) is 0.523. The number of nitrogens with zero attached hydrogens (tertiary/aromatic N) is 5. The third kappa shape index (κ3) is 3.67. The Morgan fingerprint density at radius 1 is 1.04 bits per heavy atom. The number of nitrogens with two attached hydrogens (primary N) is 1. The first-order valence-corrected chi connectivity index (χ1v) is 8.14. The van der Waals surface area contributed by atoms with Crippen LogP contribution in [-0.2, 0) is 6.54 Å². The standard InChI is InChI=1S/C19H17N7/c20-16-5-2-6-17(10-16)24-19-22-8-7-18(25-19)15-4-1-3-14(9-15)11-26-13-21-12-23-26/h1-10,12-13H,11,20H2,(H,22,24,25). The molecule has 0 saturated carbocycles. The molecule has 0 saturated heterocycles. The summed E-state index contributed by atoms with van der Waals surface area (Å²) in [6.07, 6.45) is 4.97. The molecular weight excluding hydrogens is 326 g/mol. The van der Waals surface area contributed by atoms with Gasteiger partial charge in [0.15, 0.2) is 0 Å². The van der Waals surface area contributed by atoms with Gasteiger partial charge in [-0.3, -0.25) is 0 Å². The Kier molecular flexibility index (Phi) is 4.26. The molecule has 128 valence electrons. The molecule has 4 aromatic rings. The number of rotatable bonds is 5. The average molecular weight is 343 g/mol. The van der Waals surface area contributed by atoms with E-state index in [-0.39, 0.29) is 0 Å². The molecule has 0 atom stereocenters. The largest absolute Gasteiger partial charge is 0.399 e. The van der Waals surface area contributed by atoms with Crippen LogP contribution >= 0.6 is 0 Å². The van der Waals surface area contributed by atoms with Gasteiger partial charge in [-0.05, 0) is 35.9 Å². The van der Waals surface area contributed by atoms with Crippen molar-refractivity contribution in [2.24, 2.45) is 0 Å². The van der Waals surface area contributed by atoms with Crippen LogP contribution in [0.25, 0.3) is 11.3 Å². The van der Waals surface area contributed by atoms with E-state index in [2.05, 4.69) is 37.5 Å². The summed E-state index contributed by atoms with van der Waals surface area (Å²) >= 11 is 0. The normalized spacial score (nSPS) is 10.6. The Bertz CT molecular complexity index is 1010. The van der Waals surface area contributed by atoms with Crippen molar-refractivity contribution in [3.63, 3.8) is 0 Å². The number of benzene rings is 2. The molecule has 0 unspecified atom stereocenters. The summed E-state index contributed by atoms with van der Waals surface area (Å²) in [7, 11) is 0. The van der Waals surface area contributed by atoms with Crippen LogP contribution in [0.3, 0.4) is 0 Å². The molecule has 0 aliphatic rings. The number of hydrogen-bond acceptors (Lipinski definition) is 6. The fraction of sp³-hybridized carbons (Fsp3) is 0.0526. The zero-order chi connectivity index (χ0) is 17.8. The maximum atomic E-state index is 5.81. The Morgan fingerprint density at radius 2 is 1.96 bits per heavy atom. The number of hydrogen-bond donors (Lipinski definition) is 2. The highest BCUT2D eigenvalue weighted by Crippen LogP contribution is 2.21. The SMILES string of the molecule is Nc1cccc(Nc2nccc(-c3cccc(Cn4cncn4)c3)n2)c1. The zero-order valence-corrected chi connectivity index (χ0v) is 13.9. The highest BCUT2D eigenvalue weighted by molar-refractivity contribution is 5.64. The molecule has 7 heteroatoms. The van der Waals surface area contributed by atoms with Crippen molar-refractivity contribution in [3.05, 3.63) is 79.0 Å². The van der Waals surface area contributed by atoms with E-state index in [4.69, 9.17) is 5.73 Å². The summed E-state index contributed by atoms with van der Waals surface area (Å²) in [5, 5.41) is 7.32. The van der Waals surface area contributed by atoms with Crippen LogP contribution in [-0.4, -0.2) is 24.7 Å². The Balaban J connectivity index is 1.58. The molecule has 0 amide bonds. The molecule has 26 heavy (non-hydrogen) atoms. The third-order valence-electron chi connectivity index (χ3n) is 3.83. The van der Waals surface area contributed by atoms with Crippen LogP contribution in [0.1, 0.15) is 5.56 Å². The Morgan fingerprint density at radius 3 is 2.81 bits per heavy atom. The highest BCUT2D eigenvalue weighted by Gasteiger charge is 2.05. The van der Waals surface area contributed by atoms with E-state index in [0.29, 0.717) is 18.2 Å². The zero-order valence-electron chi connectivity index (χ0n) is 13.9. The first-order valence-electron chi connectivity index (χ1n) is 8.14. The predicted molar refractivity (Wildman–Crippen MR) is 101 cm³/mol. The molecule has 2 aromatic carbocycles. The quantitative estimate of drug-likeness (QED) is 0.541. The second-order valence-electron chi connectivity index (χ2n) is 5.81. The van der Waals surface area contributed by atoms with Gasteiger partial charge < -0.3 is 11.1 Å². The van der Waals surface area contributed by atoms with E-state index < -0.39 is 0 Å². The number of nitrogen functional groups attached to an aromatic ring is 1. The summed E-state index contributed by atoms with van der Waals surface area (Å²) in [6, 6.07) is 17.6. The lowest BCUT2D eigenvalue weighted by molar-refractivity contribution is 0.685. The van der Waals surface area contributed by atoms with Gasteiger partial charge in [-0.15, -0.1) is 0 Å². The number of anilines is 3. The minimum Gasteiger partial charge on any atom is -0.399 e. The van der Waals surface area contributed by atoms with Crippen molar-refractivity contribution in [2.45, 2.75) is 6.54 Å². The smallest absolute Gasteiger partial charge is 0.227 e. The molecule has 0 aliphatic heterocycles. The molecule has 3 N–H and O–H groups in total. The van der Waals surface area contributed by atoms with Gasteiger partial charge in [-0.25, -0.2) is 19.6 Å². The lowest BCUT2D eigenvalue weighted by Gasteiger charge is -2.08. The Labute approximate surface area is 150 Å². The van der Waals surface area contributed by atoms with Gasteiger partial charge in [0, 0.05) is 23.1 Å². The molecule has 0 spiro atoms.